The molecule has 0 fully saturated rings. The predicted octanol–water partition coefficient (Wildman–Crippen LogP) is 3.00. The van der Waals surface area contributed by atoms with Gasteiger partial charge in [-0.2, -0.15) is 0 Å². The van der Waals surface area contributed by atoms with E-state index < -0.39 is 0 Å². The van der Waals surface area contributed by atoms with E-state index in [0.717, 1.165) is 13.0 Å². The van der Waals surface area contributed by atoms with Gasteiger partial charge in [0.15, 0.2) is 0 Å². The standard InChI is InChI=1S/C14H27N3/c1-5-7-8-13(16-12(3)4)11-14-15-9-10-17(14)6-2/h9-10,12-13,16H,5-8,11H2,1-4H3. The van der Waals surface area contributed by atoms with Crippen molar-refractivity contribution in [2.24, 2.45) is 0 Å². The van der Waals surface area contributed by atoms with Crippen LogP contribution in [-0.4, -0.2) is 21.6 Å². The number of aromatic nitrogens is 2. The Balaban J connectivity index is 2.58. The van der Waals surface area contributed by atoms with Crippen LogP contribution in [0, 0.1) is 0 Å². The molecule has 1 heterocycles. The van der Waals surface area contributed by atoms with Gasteiger partial charge in [0.2, 0.25) is 0 Å². The first kappa shape index (κ1) is 14.2. The highest BCUT2D eigenvalue weighted by Crippen LogP contribution is 2.09. The number of hydrogen-bond donors (Lipinski definition) is 1. The largest absolute Gasteiger partial charge is 0.335 e. The quantitative estimate of drug-likeness (QED) is 0.753. The Morgan fingerprint density at radius 1 is 1.35 bits per heavy atom. The van der Waals surface area contributed by atoms with E-state index in [4.69, 9.17) is 0 Å². The lowest BCUT2D eigenvalue weighted by atomic mass is 10.1. The van der Waals surface area contributed by atoms with E-state index in [1.54, 1.807) is 0 Å². The number of imidazole rings is 1. The van der Waals surface area contributed by atoms with Crippen molar-refractivity contribution in [2.45, 2.75) is 72.0 Å². The SMILES string of the molecule is CCCCC(Cc1nccn1CC)NC(C)C. The Morgan fingerprint density at radius 2 is 2.12 bits per heavy atom. The summed E-state index contributed by atoms with van der Waals surface area (Å²) in [7, 11) is 0. The van der Waals surface area contributed by atoms with Crippen LogP contribution < -0.4 is 5.32 Å². The zero-order chi connectivity index (χ0) is 12.7. The van der Waals surface area contributed by atoms with Gasteiger partial charge in [0.1, 0.15) is 5.82 Å². The highest BCUT2D eigenvalue weighted by atomic mass is 15.1. The maximum atomic E-state index is 4.47. The van der Waals surface area contributed by atoms with Crippen molar-refractivity contribution in [1.82, 2.24) is 14.9 Å². The van der Waals surface area contributed by atoms with Crippen LogP contribution >= 0.6 is 0 Å². The fourth-order valence-corrected chi connectivity index (χ4v) is 2.20. The Morgan fingerprint density at radius 3 is 2.71 bits per heavy atom. The molecule has 1 atom stereocenters. The fraction of sp³-hybridized carbons (Fsp3) is 0.786. The lowest BCUT2D eigenvalue weighted by molar-refractivity contribution is 0.414. The fourth-order valence-electron chi connectivity index (χ4n) is 2.20. The van der Waals surface area contributed by atoms with Gasteiger partial charge in [0.05, 0.1) is 0 Å². The number of unbranched alkanes of at least 4 members (excludes halogenated alkanes) is 1. The summed E-state index contributed by atoms with van der Waals surface area (Å²) in [5.41, 5.74) is 0. The number of nitrogens with zero attached hydrogens (tertiary/aromatic N) is 2. The van der Waals surface area contributed by atoms with Crippen LogP contribution in [0.1, 0.15) is 52.8 Å². The second-order valence-corrected chi connectivity index (χ2v) is 4.99. The Labute approximate surface area is 106 Å². The van der Waals surface area contributed by atoms with E-state index in [2.05, 4.69) is 48.8 Å². The summed E-state index contributed by atoms with van der Waals surface area (Å²) in [5.74, 6) is 1.21. The monoisotopic (exact) mass is 237 g/mol. The molecule has 0 radical (unpaired) electrons. The highest BCUT2D eigenvalue weighted by molar-refractivity contribution is 4.95. The average molecular weight is 237 g/mol. The van der Waals surface area contributed by atoms with Crippen LogP contribution in [-0.2, 0) is 13.0 Å². The third kappa shape index (κ3) is 4.90. The smallest absolute Gasteiger partial charge is 0.110 e. The Kier molecular flexibility index (Phi) is 6.27. The summed E-state index contributed by atoms with van der Waals surface area (Å²) in [6.45, 7) is 9.86. The maximum Gasteiger partial charge on any atom is 0.110 e. The van der Waals surface area contributed by atoms with Crippen molar-refractivity contribution >= 4 is 0 Å². The summed E-state index contributed by atoms with van der Waals surface area (Å²) < 4.78 is 2.24. The number of nitrogens with one attached hydrogen (secondary N) is 1. The predicted molar refractivity (Wildman–Crippen MR) is 73.2 cm³/mol. The molecule has 0 aliphatic heterocycles. The van der Waals surface area contributed by atoms with Crippen molar-refractivity contribution in [2.75, 3.05) is 0 Å². The van der Waals surface area contributed by atoms with Gasteiger partial charge < -0.3 is 9.88 Å². The first-order valence-electron chi connectivity index (χ1n) is 6.93. The first-order valence-corrected chi connectivity index (χ1v) is 6.93. The first-order chi connectivity index (χ1) is 8.17. The molecule has 17 heavy (non-hydrogen) atoms. The van der Waals surface area contributed by atoms with Crippen molar-refractivity contribution < 1.29 is 0 Å². The highest BCUT2D eigenvalue weighted by Gasteiger charge is 2.13. The van der Waals surface area contributed by atoms with Gasteiger partial charge in [-0.1, -0.05) is 33.6 Å². The second kappa shape index (κ2) is 7.49. The zero-order valence-electron chi connectivity index (χ0n) is 11.7. The number of hydrogen-bond acceptors (Lipinski definition) is 2. The molecule has 0 amide bonds. The maximum absolute atomic E-state index is 4.47. The summed E-state index contributed by atoms with van der Waals surface area (Å²) in [6.07, 6.45) is 8.81. The van der Waals surface area contributed by atoms with Gasteiger partial charge in [-0.15, -0.1) is 0 Å². The Hall–Kier alpha value is -0.830. The summed E-state index contributed by atoms with van der Waals surface area (Å²) in [6, 6.07) is 1.10. The molecule has 1 rings (SSSR count). The van der Waals surface area contributed by atoms with Crippen LogP contribution in [0.5, 0.6) is 0 Å². The molecule has 98 valence electrons. The molecule has 0 aliphatic carbocycles. The topological polar surface area (TPSA) is 29.9 Å². The molecule has 0 bridgehead atoms. The average Bonchev–Trinajstić information content (AvgIpc) is 2.72. The summed E-state index contributed by atoms with van der Waals surface area (Å²) in [5, 5.41) is 3.65. The van der Waals surface area contributed by atoms with Crippen molar-refractivity contribution in [3.63, 3.8) is 0 Å². The molecule has 0 saturated heterocycles. The van der Waals surface area contributed by atoms with E-state index in [1.807, 2.05) is 6.20 Å². The van der Waals surface area contributed by atoms with E-state index in [0.29, 0.717) is 12.1 Å². The minimum Gasteiger partial charge on any atom is -0.335 e. The van der Waals surface area contributed by atoms with Crippen LogP contribution in [0.25, 0.3) is 0 Å². The van der Waals surface area contributed by atoms with Crippen LogP contribution in [0.2, 0.25) is 0 Å². The van der Waals surface area contributed by atoms with Crippen molar-refractivity contribution in [3.8, 4) is 0 Å². The van der Waals surface area contributed by atoms with E-state index in [-0.39, 0.29) is 0 Å². The van der Waals surface area contributed by atoms with Crippen LogP contribution in [0.15, 0.2) is 12.4 Å². The third-order valence-electron chi connectivity index (χ3n) is 3.05. The summed E-state index contributed by atoms with van der Waals surface area (Å²) >= 11 is 0. The van der Waals surface area contributed by atoms with E-state index in [1.165, 1.54) is 25.1 Å². The molecule has 1 N–H and O–H groups in total. The molecular weight excluding hydrogens is 210 g/mol. The minimum absolute atomic E-state index is 0.543. The van der Waals surface area contributed by atoms with Gasteiger partial charge >= 0.3 is 0 Å². The van der Waals surface area contributed by atoms with Gasteiger partial charge in [-0.05, 0) is 13.3 Å². The van der Waals surface area contributed by atoms with Crippen molar-refractivity contribution in [1.29, 1.82) is 0 Å². The van der Waals surface area contributed by atoms with Crippen LogP contribution in [0.4, 0.5) is 0 Å². The van der Waals surface area contributed by atoms with Gasteiger partial charge in [0, 0.05) is 37.4 Å². The van der Waals surface area contributed by atoms with Crippen LogP contribution in [0.3, 0.4) is 0 Å². The number of aryl methyl sites for hydroxylation is 1. The molecule has 0 aromatic carbocycles. The van der Waals surface area contributed by atoms with Gasteiger partial charge in [0.25, 0.3) is 0 Å². The lowest BCUT2D eigenvalue weighted by Gasteiger charge is -2.21. The van der Waals surface area contributed by atoms with E-state index in [9.17, 15) is 0 Å². The van der Waals surface area contributed by atoms with Crippen molar-refractivity contribution in [3.05, 3.63) is 18.2 Å². The lowest BCUT2D eigenvalue weighted by Crippen LogP contribution is -2.37. The molecule has 1 aromatic rings. The minimum atomic E-state index is 0.543. The second-order valence-electron chi connectivity index (χ2n) is 4.99. The molecule has 1 unspecified atom stereocenters. The normalized spacial score (nSPS) is 13.2. The molecular formula is C14H27N3. The molecule has 1 aromatic heterocycles. The summed E-state index contributed by atoms with van der Waals surface area (Å²) in [4.78, 5) is 4.47. The van der Waals surface area contributed by atoms with Gasteiger partial charge in [-0.3, -0.25) is 0 Å². The third-order valence-corrected chi connectivity index (χ3v) is 3.05. The molecule has 0 spiro atoms. The van der Waals surface area contributed by atoms with Gasteiger partial charge in [-0.25, -0.2) is 4.98 Å². The molecule has 3 heteroatoms. The number of rotatable bonds is 8. The molecule has 0 saturated carbocycles. The Bertz CT molecular complexity index is 304. The molecule has 0 aliphatic rings. The molecule has 3 nitrogen and oxygen atoms in total. The van der Waals surface area contributed by atoms with E-state index >= 15 is 0 Å². The zero-order valence-corrected chi connectivity index (χ0v) is 11.7.